The fraction of sp³-hybridized carbons (Fsp3) is 0.190. The maximum Gasteiger partial charge on any atom is 0.274 e. The Balaban J connectivity index is 1.91. The van der Waals surface area contributed by atoms with Gasteiger partial charge in [0.15, 0.2) is 0 Å². The molecule has 0 fully saturated rings. The first-order chi connectivity index (χ1) is 13.2. The number of nitrogens with one attached hydrogen (secondary N) is 2. The third-order valence-corrected chi connectivity index (χ3v) is 4.20. The first-order valence-electron chi connectivity index (χ1n) is 8.70. The molecule has 0 saturated carbocycles. The number of aryl methyl sites for hydroxylation is 4. The average Bonchev–Trinajstić information content (AvgIpc) is 2.60. The number of carbonyl (C=O) groups excluding carboxylic acids is 1. The van der Waals surface area contributed by atoms with E-state index in [9.17, 15) is 13.6 Å². The Labute approximate surface area is 161 Å². The molecule has 0 radical (unpaired) electrons. The summed E-state index contributed by atoms with van der Waals surface area (Å²) >= 11 is 0. The molecule has 3 rings (SSSR count). The Morgan fingerprint density at radius 3 is 2.11 bits per heavy atom. The highest BCUT2D eigenvalue weighted by Crippen LogP contribution is 2.25. The number of aromatic nitrogens is 2. The third-order valence-electron chi connectivity index (χ3n) is 4.20. The molecule has 0 aliphatic rings. The number of hydrogen-bond donors (Lipinski definition) is 2. The second-order valence-corrected chi connectivity index (χ2v) is 6.67. The van der Waals surface area contributed by atoms with Gasteiger partial charge >= 0.3 is 0 Å². The highest BCUT2D eigenvalue weighted by atomic mass is 19.1. The number of hydrogen-bond acceptors (Lipinski definition) is 4. The van der Waals surface area contributed by atoms with Crippen molar-refractivity contribution in [1.82, 2.24) is 9.97 Å². The summed E-state index contributed by atoms with van der Waals surface area (Å²) in [6, 6.07) is 8.87. The third kappa shape index (κ3) is 4.14. The summed E-state index contributed by atoms with van der Waals surface area (Å²) in [5.74, 6) is -2.21. The second-order valence-electron chi connectivity index (χ2n) is 6.67. The molecule has 2 aromatic carbocycles. The van der Waals surface area contributed by atoms with Crippen molar-refractivity contribution < 1.29 is 13.6 Å². The Hall–Kier alpha value is -3.35. The van der Waals surface area contributed by atoms with E-state index in [-0.39, 0.29) is 11.6 Å². The molecule has 1 aromatic heterocycles. The Morgan fingerprint density at radius 2 is 1.50 bits per heavy atom. The fourth-order valence-corrected chi connectivity index (χ4v) is 3.02. The van der Waals surface area contributed by atoms with Crippen molar-refractivity contribution >= 4 is 23.2 Å². The molecule has 0 aliphatic carbocycles. The summed E-state index contributed by atoms with van der Waals surface area (Å²) in [5, 5.41) is 5.38. The van der Waals surface area contributed by atoms with Crippen LogP contribution in [0, 0.1) is 39.3 Å². The normalized spacial score (nSPS) is 10.6. The predicted molar refractivity (Wildman–Crippen MR) is 105 cm³/mol. The van der Waals surface area contributed by atoms with Crippen LogP contribution in [0.5, 0.6) is 0 Å². The van der Waals surface area contributed by atoms with Gasteiger partial charge in [0.1, 0.15) is 23.0 Å². The van der Waals surface area contributed by atoms with Gasteiger partial charge in [0.05, 0.1) is 0 Å². The van der Waals surface area contributed by atoms with Crippen LogP contribution < -0.4 is 10.6 Å². The summed E-state index contributed by atoms with van der Waals surface area (Å²) in [6.07, 6.45) is 0. The van der Waals surface area contributed by atoms with E-state index in [0.29, 0.717) is 5.69 Å². The first-order valence-corrected chi connectivity index (χ1v) is 8.70. The van der Waals surface area contributed by atoms with Crippen LogP contribution in [0.2, 0.25) is 0 Å². The number of amides is 1. The maximum atomic E-state index is 13.8. The second kappa shape index (κ2) is 7.72. The molecule has 3 aromatic rings. The van der Waals surface area contributed by atoms with E-state index in [1.54, 1.807) is 6.92 Å². The van der Waals surface area contributed by atoms with Crippen molar-refractivity contribution in [3.63, 3.8) is 0 Å². The molecule has 0 saturated heterocycles. The van der Waals surface area contributed by atoms with Crippen LogP contribution in [0.3, 0.4) is 0 Å². The van der Waals surface area contributed by atoms with Gasteiger partial charge in [0.25, 0.3) is 5.91 Å². The molecule has 0 atom stereocenters. The number of rotatable bonds is 4. The molecule has 144 valence electrons. The van der Waals surface area contributed by atoms with Crippen molar-refractivity contribution in [3.05, 3.63) is 76.1 Å². The molecular formula is C21H20F2N4O. The van der Waals surface area contributed by atoms with Gasteiger partial charge < -0.3 is 10.6 Å². The van der Waals surface area contributed by atoms with Crippen molar-refractivity contribution in [2.75, 3.05) is 10.6 Å². The molecule has 0 aliphatic heterocycles. The van der Waals surface area contributed by atoms with Gasteiger partial charge in [-0.05, 0) is 57.0 Å². The number of halogens is 2. The quantitative estimate of drug-likeness (QED) is 0.668. The fourth-order valence-electron chi connectivity index (χ4n) is 3.02. The zero-order valence-corrected chi connectivity index (χ0v) is 16.0. The monoisotopic (exact) mass is 382 g/mol. The number of para-hydroxylation sites is 1. The number of carbonyl (C=O) groups is 1. The van der Waals surface area contributed by atoms with E-state index >= 15 is 0 Å². The van der Waals surface area contributed by atoms with Crippen LogP contribution in [-0.4, -0.2) is 15.9 Å². The van der Waals surface area contributed by atoms with Crippen LogP contribution in [0.1, 0.15) is 32.9 Å². The Bertz CT molecular complexity index is 1020. The smallest absolute Gasteiger partial charge is 0.274 e. The molecule has 2 N–H and O–H groups in total. The summed E-state index contributed by atoms with van der Waals surface area (Å²) in [7, 11) is 0. The molecule has 1 heterocycles. The lowest BCUT2D eigenvalue weighted by atomic mass is 10.1. The topological polar surface area (TPSA) is 66.9 Å². The standard InChI is InChI=1S/C21H20F2N4O/c1-11-8-12(2)18(13(3)9-11)27-21-24-14(4)10-17(25-21)20(28)26-19-15(22)6-5-7-16(19)23/h5-10H,1-4H3,(H,26,28)(H,24,25,27). The van der Waals surface area contributed by atoms with Crippen LogP contribution in [0.15, 0.2) is 36.4 Å². The van der Waals surface area contributed by atoms with Gasteiger partial charge in [0, 0.05) is 11.4 Å². The van der Waals surface area contributed by atoms with Gasteiger partial charge in [-0.1, -0.05) is 23.8 Å². The first kappa shape index (κ1) is 19.4. The Kier molecular flexibility index (Phi) is 5.35. The lowest BCUT2D eigenvalue weighted by Gasteiger charge is -2.14. The van der Waals surface area contributed by atoms with Crippen molar-refractivity contribution in [2.24, 2.45) is 0 Å². The zero-order chi connectivity index (χ0) is 20.4. The molecule has 0 bridgehead atoms. The van der Waals surface area contributed by atoms with Gasteiger partial charge in [0.2, 0.25) is 5.95 Å². The van der Waals surface area contributed by atoms with E-state index in [1.807, 2.05) is 32.9 Å². The van der Waals surface area contributed by atoms with E-state index in [1.165, 1.54) is 12.1 Å². The largest absolute Gasteiger partial charge is 0.324 e. The number of benzene rings is 2. The van der Waals surface area contributed by atoms with E-state index in [4.69, 9.17) is 0 Å². The molecule has 0 unspecified atom stereocenters. The number of anilines is 3. The van der Waals surface area contributed by atoms with Crippen LogP contribution in [0.4, 0.5) is 26.1 Å². The molecule has 7 heteroatoms. The predicted octanol–water partition coefficient (Wildman–Crippen LogP) is 4.98. The lowest BCUT2D eigenvalue weighted by molar-refractivity contribution is 0.102. The van der Waals surface area contributed by atoms with Crippen molar-refractivity contribution in [3.8, 4) is 0 Å². The van der Waals surface area contributed by atoms with Crippen molar-refractivity contribution in [1.29, 1.82) is 0 Å². The summed E-state index contributed by atoms with van der Waals surface area (Å²) in [5.41, 5.74) is 4.05. The van der Waals surface area contributed by atoms with Gasteiger partial charge in [-0.2, -0.15) is 0 Å². The van der Waals surface area contributed by atoms with E-state index < -0.39 is 23.2 Å². The average molecular weight is 382 g/mol. The lowest BCUT2D eigenvalue weighted by Crippen LogP contribution is -2.17. The van der Waals surface area contributed by atoms with Gasteiger partial charge in [-0.15, -0.1) is 0 Å². The molecular weight excluding hydrogens is 362 g/mol. The van der Waals surface area contributed by atoms with Gasteiger partial charge in [-0.25, -0.2) is 18.7 Å². The summed E-state index contributed by atoms with van der Waals surface area (Å²) < 4.78 is 27.6. The SMILES string of the molecule is Cc1cc(C)c(Nc2nc(C)cc(C(=O)Nc3c(F)cccc3F)n2)c(C)c1. The van der Waals surface area contributed by atoms with Crippen molar-refractivity contribution in [2.45, 2.75) is 27.7 Å². The minimum absolute atomic E-state index is 0.0000656. The van der Waals surface area contributed by atoms with Crippen LogP contribution in [0.25, 0.3) is 0 Å². The number of nitrogens with zero attached hydrogens (tertiary/aromatic N) is 2. The summed E-state index contributed by atoms with van der Waals surface area (Å²) in [6.45, 7) is 7.65. The van der Waals surface area contributed by atoms with Crippen LogP contribution in [-0.2, 0) is 0 Å². The van der Waals surface area contributed by atoms with E-state index in [2.05, 4.69) is 20.6 Å². The molecule has 28 heavy (non-hydrogen) atoms. The highest BCUT2D eigenvalue weighted by Gasteiger charge is 2.16. The molecule has 1 amide bonds. The highest BCUT2D eigenvalue weighted by molar-refractivity contribution is 6.03. The summed E-state index contributed by atoms with van der Waals surface area (Å²) in [4.78, 5) is 21.0. The minimum Gasteiger partial charge on any atom is -0.324 e. The molecule has 5 nitrogen and oxygen atoms in total. The maximum absolute atomic E-state index is 13.8. The van der Waals surface area contributed by atoms with E-state index in [0.717, 1.165) is 34.5 Å². The van der Waals surface area contributed by atoms with Gasteiger partial charge in [-0.3, -0.25) is 4.79 Å². The molecule has 0 spiro atoms. The Morgan fingerprint density at radius 1 is 0.893 bits per heavy atom. The zero-order valence-electron chi connectivity index (χ0n) is 16.0. The van der Waals surface area contributed by atoms with Crippen LogP contribution >= 0.6 is 0 Å². The minimum atomic E-state index is -0.858.